The first-order valence-corrected chi connectivity index (χ1v) is 5.95. The van der Waals surface area contributed by atoms with Crippen LogP contribution in [0.4, 0.5) is 0 Å². The average Bonchev–Trinajstić information content (AvgIpc) is 2.59. The molecule has 0 fully saturated rings. The van der Waals surface area contributed by atoms with Crippen LogP contribution in [-0.4, -0.2) is 23.5 Å². The highest BCUT2D eigenvalue weighted by Crippen LogP contribution is 2.28. The second-order valence-electron chi connectivity index (χ2n) is 3.92. The largest absolute Gasteiger partial charge is 0.322 e. The zero-order valence-electron chi connectivity index (χ0n) is 8.79. The minimum Gasteiger partial charge on any atom is -0.322 e. The maximum Gasteiger partial charge on any atom is 0.110 e. The molecule has 0 radical (unpaired) electrons. The normalized spacial score (nSPS) is 19.4. The predicted molar refractivity (Wildman–Crippen MR) is 59.4 cm³/mol. The van der Waals surface area contributed by atoms with Crippen LogP contribution in [0.25, 0.3) is 0 Å². The third-order valence-corrected chi connectivity index (χ3v) is 3.91. The molecule has 1 atom stereocenters. The van der Waals surface area contributed by atoms with Crippen LogP contribution >= 0.6 is 11.3 Å². The molecule has 0 spiro atoms. The number of likely N-dealkylation sites (N-methyl/N-ethyl adjacent to an activating group) is 1. The van der Waals surface area contributed by atoms with E-state index in [-0.39, 0.29) is 6.04 Å². The van der Waals surface area contributed by atoms with Gasteiger partial charge in [0.05, 0.1) is 11.7 Å². The Morgan fingerprint density at radius 2 is 2.43 bits per heavy atom. The van der Waals surface area contributed by atoms with Crippen molar-refractivity contribution in [2.75, 3.05) is 13.6 Å². The van der Waals surface area contributed by atoms with Gasteiger partial charge in [0.1, 0.15) is 5.01 Å². The lowest BCUT2D eigenvalue weighted by Crippen LogP contribution is -2.25. The van der Waals surface area contributed by atoms with Crippen molar-refractivity contribution in [3.8, 4) is 0 Å². The maximum atomic E-state index is 5.98. The van der Waals surface area contributed by atoms with Gasteiger partial charge in [0, 0.05) is 24.4 Å². The van der Waals surface area contributed by atoms with Gasteiger partial charge in [0.2, 0.25) is 0 Å². The summed E-state index contributed by atoms with van der Waals surface area (Å²) < 4.78 is 0. The molecule has 0 saturated carbocycles. The van der Waals surface area contributed by atoms with Gasteiger partial charge in [-0.3, -0.25) is 0 Å². The fourth-order valence-corrected chi connectivity index (χ4v) is 2.95. The fraction of sp³-hybridized carbons (Fsp3) is 0.700. The standard InChI is InChI=1S/C10H17N3S/c1-3-7(11)10-12-8-4-5-13(2)6-9(8)14-10/h7H,3-6,11H2,1-2H3. The number of hydrogen-bond donors (Lipinski definition) is 1. The zero-order valence-corrected chi connectivity index (χ0v) is 9.60. The molecule has 1 aromatic rings. The van der Waals surface area contributed by atoms with Crippen LogP contribution in [0, 0.1) is 0 Å². The number of aromatic nitrogens is 1. The summed E-state index contributed by atoms with van der Waals surface area (Å²) in [7, 11) is 2.15. The van der Waals surface area contributed by atoms with Crippen molar-refractivity contribution in [2.45, 2.75) is 32.4 Å². The van der Waals surface area contributed by atoms with Crippen molar-refractivity contribution in [3.63, 3.8) is 0 Å². The zero-order chi connectivity index (χ0) is 10.1. The Kier molecular flexibility index (Phi) is 2.85. The monoisotopic (exact) mass is 211 g/mol. The van der Waals surface area contributed by atoms with E-state index in [0.717, 1.165) is 30.9 Å². The predicted octanol–water partition coefficient (Wildman–Crippen LogP) is 1.54. The molecule has 2 rings (SSSR count). The van der Waals surface area contributed by atoms with Crippen LogP contribution in [0.1, 0.15) is 35.0 Å². The first-order chi connectivity index (χ1) is 6.70. The average molecular weight is 211 g/mol. The van der Waals surface area contributed by atoms with Gasteiger partial charge < -0.3 is 10.6 Å². The van der Waals surface area contributed by atoms with Crippen LogP contribution < -0.4 is 5.73 Å². The van der Waals surface area contributed by atoms with Gasteiger partial charge >= 0.3 is 0 Å². The van der Waals surface area contributed by atoms with Gasteiger partial charge in [-0.25, -0.2) is 4.98 Å². The van der Waals surface area contributed by atoms with E-state index in [9.17, 15) is 0 Å². The summed E-state index contributed by atoms with van der Waals surface area (Å²) >= 11 is 1.79. The second kappa shape index (κ2) is 3.96. The number of nitrogens with two attached hydrogens (primary N) is 1. The van der Waals surface area contributed by atoms with E-state index < -0.39 is 0 Å². The van der Waals surface area contributed by atoms with Crippen LogP contribution in [0.2, 0.25) is 0 Å². The minimum atomic E-state index is 0.135. The Labute approximate surface area is 88.9 Å². The van der Waals surface area contributed by atoms with E-state index >= 15 is 0 Å². The van der Waals surface area contributed by atoms with Gasteiger partial charge in [-0.05, 0) is 13.5 Å². The Morgan fingerprint density at radius 3 is 3.14 bits per heavy atom. The van der Waals surface area contributed by atoms with Crippen molar-refractivity contribution < 1.29 is 0 Å². The summed E-state index contributed by atoms with van der Waals surface area (Å²) in [4.78, 5) is 8.37. The number of rotatable bonds is 2. The SMILES string of the molecule is CCC(N)c1nc2c(s1)CN(C)CC2. The summed E-state index contributed by atoms with van der Waals surface area (Å²) in [6.07, 6.45) is 2.06. The molecule has 4 heteroatoms. The molecule has 1 aliphatic heterocycles. The number of nitrogens with zero attached hydrogens (tertiary/aromatic N) is 2. The molecule has 0 aliphatic carbocycles. The number of thiazole rings is 1. The number of hydrogen-bond acceptors (Lipinski definition) is 4. The van der Waals surface area contributed by atoms with Crippen LogP contribution in [-0.2, 0) is 13.0 Å². The third kappa shape index (κ3) is 1.82. The van der Waals surface area contributed by atoms with Gasteiger partial charge in [-0.15, -0.1) is 11.3 Å². The smallest absolute Gasteiger partial charge is 0.110 e. The molecule has 0 saturated heterocycles. The van der Waals surface area contributed by atoms with Crippen molar-refractivity contribution in [2.24, 2.45) is 5.73 Å². The highest BCUT2D eigenvalue weighted by Gasteiger charge is 2.19. The third-order valence-electron chi connectivity index (χ3n) is 2.70. The molecule has 78 valence electrons. The Bertz CT molecular complexity index is 321. The van der Waals surface area contributed by atoms with Crippen molar-refractivity contribution >= 4 is 11.3 Å². The molecule has 1 aliphatic rings. The molecule has 0 bridgehead atoms. The number of fused-ring (bicyclic) bond motifs is 1. The maximum absolute atomic E-state index is 5.98. The lowest BCUT2D eigenvalue weighted by Gasteiger charge is -2.20. The Morgan fingerprint density at radius 1 is 1.64 bits per heavy atom. The van der Waals surface area contributed by atoms with E-state index in [1.807, 2.05) is 0 Å². The van der Waals surface area contributed by atoms with Gasteiger partial charge in [-0.2, -0.15) is 0 Å². The molecule has 3 nitrogen and oxygen atoms in total. The molecule has 1 unspecified atom stereocenters. The molecular formula is C10H17N3S. The Hall–Kier alpha value is -0.450. The lowest BCUT2D eigenvalue weighted by molar-refractivity contribution is 0.314. The minimum absolute atomic E-state index is 0.135. The summed E-state index contributed by atoms with van der Waals surface area (Å²) in [5, 5.41) is 1.12. The fourth-order valence-electron chi connectivity index (χ4n) is 1.68. The van der Waals surface area contributed by atoms with Crippen molar-refractivity contribution in [1.82, 2.24) is 9.88 Å². The van der Waals surface area contributed by atoms with E-state index in [1.165, 1.54) is 10.6 Å². The first-order valence-electron chi connectivity index (χ1n) is 5.13. The van der Waals surface area contributed by atoms with Gasteiger partial charge in [-0.1, -0.05) is 6.92 Å². The highest BCUT2D eigenvalue weighted by molar-refractivity contribution is 7.11. The van der Waals surface area contributed by atoms with Gasteiger partial charge in [0.25, 0.3) is 0 Å². The highest BCUT2D eigenvalue weighted by atomic mass is 32.1. The molecule has 0 amide bonds. The second-order valence-corrected chi connectivity index (χ2v) is 5.04. The molecule has 0 aromatic carbocycles. The van der Waals surface area contributed by atoms with Crippen LogP contribution in [0.15, 0.2) is 0 Å². The summed E-state index contributed by atoms with van der Waals surface area (Å²) in [6.45, 7) is 4.28. The van der Waals surface area contributed by atoms with E-state index in [1.54, 1.807) is 11.3 Å². The van der Waals surface area contributed by atoms with Crippen molar-refractivity contribution in [1.29, 1.82) is 0 Å². The quantitative estimate of drug-likeness (QED) is 0.807. The summed E-state index contributed by atoms with van der Waals surface area (Å²) in [6, 6.07) is 0.135. The summed E-state index contributed by atoms with van der Waals surface area (Å²) in [5.74, 6) is 0. The van der Waals surface area contributed by atoms with Crippen molar-refractivity contribution in [3.05, 3.63) is 15.6 Å². The Balaban J connectivity index is 2.23. The van der Waals surface area contributed by atoms with Crippen LogP contribution in [0.3, 0.4) is 0 Å². The topological polar surface area (TPSA) is 42.1 Å². The molecule has 2 heterocycles. The van der Waals surface area contributed by atoms with E-state index in [4.69, 9.17) is 5.73 Å². The molecular weight excluding hydrogens is 194 g/mol. The lowest BCUT2D eigenvalue weighted by atomic mass is 10.2. The molecule has 2 N–H and O–H groups in total. The molecule has 14 heavy (non-hydrogen) atoms. The summed E-state index contributed by atoms with van der Waals surface area (Å²) in [5.41, 5.74) is 7.26. The molecule has 1 aromatic heterocycles. The van der Waals surface area contributed by atoms with E-state index in [0.29, 0.717) is 0 Å². The van der Waals surface area contributed by atoms with E-state index in [2.05, 4.69) is 23.9 Å². The van der Waals surface area contributed by atoms with Gasteiger partial charge in [0.15, 0.2) is 0 Å². The van der Waals surface area contributed by atoms with Crippen LogP contribution in [0.5, 0.6) is 0 Å². The first kappa shape index (κ1) is 10.1.